The summed E-state index contributed by atoms with van der Waals surface area (Å²) < 4.78 is 7.61. The lowest BCUT2D eigenvalue weighted by molar-refractivity contribution is 0.285. The maximum Gasteiger partial charge on any atom is 0.164 e. The zero-order valence-corrected chi connectivity index (χ0v) is 10.8. The molecule has 18 heavy (non-hydrogen) atoms. The molecule has 0 saturated heterocycles. The SMILES string of the molecule is CCn1ncnc1COc1cc(CN)ccc1C. The molecule has 2 aromatic rings. The third-order valence-electron chi connectivity index (χ3n) is 2.84. The second-order valence-corrected chi connectivity index (χ2v) is 4.08. The average molecular weight is 246 g/mol. The Hall–Kier alpha value is -1.88. The Morgan fingerprint density at radius 2 is 2.22 bits per heavy atom. The van der Waals surface area contributed by atoms with Gasteiger partial charge in [-0.05, 0) is 31.0 Å². The summed E-state index contributed by atoms with van der Waals surface area (Å²) in [6.07, 6.45) is 1.55. The fourth-order valence-electron chi connectivity index (χ4n) is 1.73. The molecular weight excluding hydrogens is 228 g/mol. The fourth-order valence-corrected chi connectivity index (χ4v) is 1.73. The van der Waals surface area contributed by atoms with Crippen LogP contribution in [0.15, 0.2) is 24.5 Å². The van der Waals surface area contributed by atoms with Crippen LogP contribution in [0.2, 0.25) is 0 Å². The smallest absolute Gasteiger partial charge is 0.164 e. The zero-order valence-electron chi connectivity index (χ0n) is 10.8. The van der Waals surface area contributed by atoms with Crippen molar-refractivity contribution in [2.45, 2.75) is 33.5 Å². The standard InChI is InChI=1S/C13H18N4O/c1-3-17-13(15-9-16-17)8-18-12-6-11(7-14)5-4-10(12)2/h4-6,9H,3,7-8,14H2,1-2H3. The predicted molar refractivity (Wildman–Crippen MR) is 69.1 cm³/mol. The van der Waals surface area contributed by atoms with E-state index < -0.39 is 0 Å². The molecule has 0 bridgehead atoms. The number of ether oxygens (including phenoxy) is 1. The molecule has 1 aromatic heterocycles. The van der Waals surface area contributed by atoms with Crippen molar-refractivity contribution in [1.82, 2.24) is 14.8 Å². The number of rotatable bonds is 5. The number of benzene rings is 1. The van der Waals surface area contributed by atoms with Crippen LogP contribution in [0.4, 0.5) is 0 Å². The average Bonchev–Trinajstić information content (AvgIpc) is 2.85. The molecule has 5 heteroatoms. The van der Waals surface area contributed by atoms with Gasteiger partial charge in [0.2, 0.25) is 0 Å². The van der Waals surface area contributed by atoms with Crippen molar-refractivity contribution in [3.63, 3.8) is 0 Å². The minimum Gasteiger partial charge on any atom is -0.485 e. The van der Waals surface area contributed by atoms with E-state index in [9.17, 15) is 0 Å². The van der Waals surface area contributed by atoms with E-state index in [0.717, 1.165) is 29.2 Å². The molecule has 96 valence electrons. The van der Waals surface area contributed by atoms with Crippen molar-refractivity contribution in [3.8, 4) is 5.75 Å². The van der Waals surface area contributed by atoms with Gasteiger partial charge >= 0.3 is 0 Å². The Bertz CT molecular complexity index is 521. The van der Waals surface area contributed by atoms with Gasteiger partial charge in [0.05, 0.1) is 0 Å². The lowest BCUT2D eigenvalue weighted by Crippen LogP contribution is -2.08. The van der Waals surface area contributed by atoms with E-state index in [0.29, 0.717) is 13.2 Å². The van der Waals surface area contributed by atoms with Gasteiger partial charge in [0.25, 0.3) is 0 Å². The van der Waals surface area contributed by atoms with Crippen LogP contribution in [0.25, 0.3) is 0 Å². The molecule has 0 spiro atoms. The molecule has 2 rings (SSSR count). The minimum atomic E-state index is 0.419. The van der Waals surface area contributed by atoms with Gasteiger partial charge in [-0.25, -0.2) is 9.67 Å². The summed E-state index contributed by atoms with van der Waals surface area (Å²) in [5, 5.41) is 4.11. The summed E-state index contributed by atoms with van der Waals surface area (Å²) in [4.78, 5) is 4.18. The maximum absolute atomic E-state index is 5.79. The molecule has 0 unspecified atom stereocenters. The predicted octanol–water partition coefficient (Wildman–Crippen LogP) is 1.64. The molecule has 0 aliphatic heterocycles. The highest BCUT2D eigenvalue weighted by molar-refractivity contribution is 5.36. The third-order valence-corrected chi connectivity index (χ3v) is 2.84. The number of hydrogen-bond donors (Lipinski definition) is 1. The number of nitrogens with zero attached hydrogens (tertiary/aromatic N) is 3. The van der Waals surface area contributed by atoms with Crippen LogP contribution in [0.5, 0.6) is 5.75 Å². The molecule has 0 aliphatic carbocycles. The molecule has 0 aliphatic rings. The Labute approximate surface area is 107 Å². The van der Waals surface area contributed by atoms with E-state index in [1.165, 1.54) is 0 Å². The summed E-state index contributed by atoms with van der Waals surface area (Å²) in [6.45, 7) is 5.77. The topological polar surface area (TPSA) is 66.0 Å². The molecule has 0 fully saturated rings. The number of nitrogens with two attached hydrogens (primary N) is 1. The highest BCUT2D eigenvalue weighted by Gasteiger charge is 2.06. The zero-order chi connectivity index (χ0) is 13.0. The van der Waals surface area contributed by atoms with E-state index in [-0.39, 0.29) is 0 Å². The first-order valence-electron chi connectivity index (χ1n) is 6.03. The van der Waals surface area contributed by atoms with E-state index in [4.69, 9.17) is 10.5 Å². The Morgan fingerprint density at radius 1 is 1.39 bits per heavy atom. The van der Waals surface area contributed by atoms with Crippen molar-refractivity contribution in [2.24, 2.45) is 5.73 Å². The molecule has 0 atom stereocenters. The number of aromatic nitrogens is 3. The number of hydrogen-bond acceptors (Lipinski definition) is 4. The molecule has 0 amide bonds. The van der Waals surface area contributed by atoms with Gasteiger partial charge in [-0.15, -0.1) is 0 Å². The first-order valence-corrected chi connectivity index (χ1v) is 6.03. The van der Waals surface area contributed by atoms with Gasteiger partial charge in [-0.1, -0.05) is 12.1 Å². The van der Waals surface area contributed by atoms with E-state index in [1.807, 2.05) is 36.7 Å². The summed E-state index contributed by atoms with van der Waals surface area (Å²) in [5.74, 6) is 1.68. The monoisotopic (exact) mass is 246 g/mol. The third kappa shape index (κ3) is 2.68. The second kappa shape index (κ2) is 5.64. The Kier molecular flexibility index (Phi) is 3.94. The van der Waals surface area contributed by atoms with E-state index in [1.54, 1.807) is 6.33 Å². The van der Waals surface area contributed by atoms with Crippen LogP contribution < -0.4 is 10.5 Å². The van der Waals surface area contributed by atoms with E-state index >= 15 is 0 Å². The van der Waals surface area contributed by atoms with Gasteiger partial charge in [-0.3, -0.25) is 0 Å². The highest BCUT2D eigenvalue weighted by Crippen LogP contribution is 2.20. The maximum atomic E-state index is 5.79. The van der Waals surface area contributed by atoms with Crippen LogP contribution in [-0.4, -0.2) is 14.8 Å². The van der Waals surface area contributed by atoms with Gasteiger partial charge < -0.3 is 10.5 Å². The van der Waals surface area contributed by atoms with Crippen LogP contribution in [0.3, 0.4) is 0 Å². The van der Waals surface area contributed by atoms with Crippen LogP contribution in [0.1, 0.15) is 23.9 Å². The molecule has 0 saturated carbocycles. The van der Waals surface area contributed by atoms with Gasteiger partial charge in [-0.2, -0.15) is 5.10 Å². The van der Waals surface area contributed by atoms with Crippen LogP contribution >= 0.6 is 0 Å². The molecule has 5 nitrogen and oxygen atoms in total. The molecule has 2 N–H and O–H groups in total. The summed E-state index contributed by atoms with van der Waals surface area (Å²) in [7, 11) is 0. The van der Waals surface area contributed by atoms with Crippen molar-refractivity contribution < 1.29 is 4.74 Å². The Morgan fingerprint density at radius 3 is 2.94 bits per heavy atom. The lowest BCUT2D eigenvalue weighted by Gasteiger charge is -2.10. The quantitative estimate of drug-likeness (QED) is 0.871. The molecule has 1 aromatic carbocycles. The van der Waals surface area contributed by atoms with Gasteiger partial charge in [0.15, 0.2) is 5.82 Å². The fraction of sp³-hybridized carbons (Fsp3) is 0.385. The molecule has 1 heterocycles. The normalized spacial score (nSPS) is 10.6. The summed E-state index contributed by atoms with van der Waals surface area (Å²) in [6, 6.07) is 6.00. The first kappa shape index (κ1) is 12.6. The van der Waals surface area contributed by atoms with Crippen LogP contribution in [0, 0.1) is 6.92 Å². The van der Waals surface area contributed by atoms with Gasteiger partial charge in [0, 0.05) is 13.1 Å². The van der Waals surface area contributed by atoms with Crippen molar-refractivity contribution >= 4 is 0 Å². The number of aryl methyl sites for hydroxylation is 2. The summed E-state index contributed by atoms with van der Waals surface area (Å²) >= 11 is 0. The van der Waals surface area contributed by atoms with Gasteiger partial charge in [0.1, 0.15) is 18.7 Å². The van der Waals surface area contributed by atoms with Crippen LogP contribution in [-0.2, 0) is 19.7 Å². The van der Waals surface area contributed by atoms with E-state index in [2.05, 4.69) is 10.1 Å². The Balaban J connectivity index is 2.10. The minimum absolute atomic E-state index is 0.419. The van der Waals surface area contributed by atoms with Crippen molar-refractivity contribution in [2.75, 3.05) is 0 Å². The first-order chi connectivity index (χ1) is 8.74. The largest absolute Gasteiger partial charge is 0.485 e. The van der Waals surface area contributed by atoms with Crippen molar-refractivity contribution in [3.05, 3.63) is 41.5 Å². The summed E-state index contributed by atoms with van der Waals surface area (Å²) in [5.41, 5.74) is 7.78. The second-order valence-electron chi connectivity index (χ2n) is 4.08. The highest BCUT2D eigenvalue weighted by atomic mass is 16.5. The molecular formula is C13H18N4O. The molecule has 0 radical (unpaired) electrons. The lowest BCUT2D eigenvalue weighted by atomic mass is 10.1. The van der Waals surface area contributed by atoms with Crippen molar-refractivity contribution in [1.29, 1.82) is 0 Å².